The van der Waals surface area contributed by atoms with Crippen molar-refractivity contribution >= 4 is 10.9 Å². The highest BCUT2D eigenvalue weighted by atomic mass is 19.4. The molecule has 2 heterocycles. The van der Waals surface area contributed by atoms with Crippen molar-refractivity contribution in [2.24, 2.45) is 0 Å². The van der Waals surface area contributed by atoms with E-state index in [9.17, 15) is 13.2 Å². The molecule has 0 amide bonds. The molecule has 2 aromatic carbocycles. The van der Waals surface area contributed by atoms with Crippen LogP contribution in [0.4, 0.5) is 13.2 Å². The van der Waals surface area contributed by atoms with E-state index in [0.717, 1.165) is 23.0 Å². The molecular formula is C17H12F3N5. The Balaban J connectivity index is 1.62. The number of fused-ring (bicyclic) bond motifs is 1. The Morgan fingerprint density at radius 2 is 1.84 bits per heavy atom. The minimum atomic E-state index is -4.36. The number of para-hydroxylation sites is 1. The van der Waals surface area contributed by atoms with Crippen LogP contribution in [0, 0.1) is 0 Å². The summed E-state index contributed by atoms with van der Waals surface area (Å²) in [6, 6.07) is 12.8. The van der Waals surface area contributed by atoms with Crippen LogP contribution in [0.2, 0.25) is 0 Å². The van der Waals surface area contributed by atoms with Crippen molar-refractivity contribution in [1.82, 2.24) is 24.8 Å². The predicted octanol–water partition coefficient (Wildman–Crippen LogP) is 3.68. The smallest absolute Gasteiger partial charge is 0.246 e. The lowest BCUT2D eigenvalue weighted by atomic mass is 10.1. The molecule has 0 aliphatic heterocycles. The molecule has 0 fully saturated rings. The van der Waals surface area contributed by atoms with Crippen LogP contribution in [0.15, 0.2) is 60.9 Å². The minimum Gasteiger partial charge on any atom is -0.246 e. The second kappa shape index (κ2) is 5.73. The maximum atomic E-state index is 12.8. The predicted molar refractivity (Wildman–Crippen MR) is 85.2 cm³/mol. The number of alkyl halides is 3. The van der Waals surface area contributed by atoms with E-state index in [0.29, 0.717) is 11.4 Å². The summed E-state index contributed by atoms with van der Waals surface area (Å²) in [5.74, 6) is 0.508. The first kappa shape index (κ1) is 15.4. The van der Waals surface area contributed by atoms with Crippen LogP contribution in [-0.2, 0) is 12.7 Å². The molecule has 25 heavy (non-hydrogen) atoms. The molecular weight excluding hydrogens is 331 g/mol. The molecule has 0 N–H and O–H groups in total. The van der Waals surface area contributed by atoms with Gasteiger partial charge in [-0.1, -0.05) is 35.5 Å². The van der Waals surface area contributed by atoms with Gasteiger partial charge in [0.05, 0.1) is 30.0 Å². The molecule has 0 unspecified atom stereocenters. The van der Waals surface area contributed by atoms with Crippen LogP contribution in [0.1, 0.15) is 11.1 Å². The molecule has 126 valence electrons. The fraction of sp³-hybridized carbons (Fsp3) is 0.118. The van der Waals surface area contributed by atoms with Crippen LogP contribution in [0.25, 0.3) is 16.7 Å². The van der Waals surface area contributed by atoms with E-state index >= 15 is 0 Å². The third kappa shape index (κ3) is 2.98. The van der Waals surface area contributed by atoms with E-state index in [2.05, 4.69) is 15.4 Å². The summed E-state index contributed by atoms with van der Waals surface area (Å²) in [5.41, 5.74) is 0.702. The van der Waals surface area contributed by atoms with Gasteiger partial charge in [-0.2, -0.15) is 18.3 Å². The van der Waals surface area contributed by atoms with Gasteiger partial charge in [-0.25, -0.2) is 9.36 Å². The van der Waals surface area contributed by atoms with Crippen molar-refractivity contribution in [1.29, 1.82) is 0 Å². The molecule has 0 saturated heterocycles. The summed E-state index contributed by atoms with van der Waals surface area (Å²) in [6.45, 7) is 0.191. The first-order valence-electron chi connectivity index (χ1n) is 7.50. The van der Waals surface area contributed by atoms with Gasteiger partial charge in [-0.3, -0.25) is 0 Å². The molecule has 5 nitrogen and oxygen atoms in total. The molecule has 0 spiro atoms. The Morgan fingerprint density at radius 1 is 1.00 bits per heavy atom. The third-order valence-electron chi connectivity index (χ3n) is 3.82. The zero-order chi connectivity index (χ0) is 17.4. The van der Waals surface area contributed by atoms with E-state index in [1.54, 1.807) is 23.1 Å². The number of hydrogen-bond acceptors (Lipinski definition) is 3. The first-order chi connectivity index (χ1) is 12.0. The van der Waals surface area contributed by atoms with Crippen LogP contribution in [0.3, 0.4) is 0 Å². The molecule has 0 saturated carbocycles. The summed E-state index contributed by atoms with van der Waals surface area (Å²) < 4.78 is 41.5. The van der Waals surface area contributed by atoms with Crippen LogP contribution >= 0.6 is 0 Å². The monoisotopic (exact) mass is 343 g/mol. The highest BCUT2D eigenvalue weighted by Crippen LogP contribution is 2.29. The van der Waals surface area contributed by atoms with E-state index < -0.39 is 11.7 Å². The lowest BCUT2D eigenvalue weighted by Crippen LogP contribution is -2.07. The van der Waals surface area contributed by atoms with E-state index in [1.807, 2.05) is 24.3 Å². The fourth-order valence-electron chi connectivity index (χ4n) is 2.65. The second-order valence-electron chi connectivity index (χ2n) is 5.59. The molecule has 0 aliphatic carbocycles. The summed E-state index contributed by atoms with van der Waals surface area (Å²) >= 11 is 0. The summed E-state index contributed by atoms with van der Waals surface area (Å²) in [4.78, 5) is 0. The highest BCUT2D eigenvalue weighted by Gasteiger charge is 2.30. The molecule has 0 radical (unpaired) electrons. The Kier molecular flexibility index (Phi) is 3.52. The molecule has 4 rings (SSSR count). The lowest BCUT2D eigenvalue weighted by Gasteiger charge is -2.08. The average Bonchev–Trinajstić information content (AvgIpc) is 3.21. The topological polar surface area (TPSA) is 48.5 Å². The van der Waals surface area contributed by atoms with Gasteiger partial charge in [-0.05, 0) is 23.8 Å². The number of aromatic nitrogens is 5. The minimum absolute atomic E-state index is 0.191. The molecule has 0 atom stereocenters. The largest absolute Gasteiger partial charge is 0.416 e. The van der Waals surface area contributed by atoms with Crippen molar-refractivity contribution in [3.8, 4) is 5.82 Å². The van der Waals surface area contributed by atoms with Gasteiger partial charge >= 0.3 is 6.18 Å². The summed E-state index contributed by atoms with van der Waals surface area (Å²) in [5, 5.41) is 13.3. The Hall–Kier alpha value is -3.16. The summed E-state index contributed by atoms with van der Waals surface area (Å²) in [6.07, 6.45) is -0.988. The van der Waals surface area contributed by atoms with Gasteiger partial charge in [-0.15, -0.1) is 5.10 Å². The molecule has 8 heteroatoms. The zero-order valence-electron chi connectivity index (χ0n) is 12.9. The quantitative estimate of drug-likeness (QED) is 0.570. The number of halogens is 3. The van der Waals surface area contributed by atoms with Gasteiger partial charge in [0.15, 0.2) is 5.82 Å². The van der Waals surface area contributed by atoms with Gasteiger partial charge in [0, 0.05) is 5.39 Å². The maximum absolute atomic E-state index is 12.8. The first-order valence-corrected chi connectivity index (χ1v) is 7.50. The van der Waals surface area contributed by atoms with E-state index in [4.69, 9.17) is 0 Å². The van der Waals surface area contributed by atoms with Gasteiger partial charge in [0.25, 0.3) is 0 Å². The van der Waals surface area contributed by atoms with Crippen molar-refractivity contribution < 1.29 is 13.2 Å². The van der Waals surface area contributed by atoms with Crippen molar-refractivity contribution in [2.75, 3.05) is 0 Å². The fourth-order valence-corrected chi connectivity index (χ4v) is 2.65. The number of nitrogens with zero attached hydrogens (tertiary/aromatic N) is 5. The second-order valence-corrected chi connectivity index (χ2v) is 5.59. The third-order valence-corrected chi connectivity index (χ3v) is 3.82. The number of benzene rings is 2. The normalized spacial score (nSPS) is 12.0. The summed E-state index contributed by atoms with van der Waals surface area (Å²) in [7, 11) is 0. The standard InChI is InChI=1S/C17H12F3N5/c18-17(19,20)14-6-3-4-12(8-14)10-24-11-16(22-23-24)25-15-7-2-1-5-13(15)9-21-25/h1-9,11H,10H2. The molecule has 0 aliphatic rings. The van der Waals surface area contributed by atoms with E-state index in [-0.39, 0.29) is 6.54 Å². The van der Waals surface area contributed by atoms with Crippen LogP contribution in [-0.4, -0.2) is 24.8 Å². The van der Waals surface area contributed by atoms with Crippen LogP contribution in [0.5, 0.6) is 0 Å². The number of rotatable bonds is 3. The SMILES string of the molecule is FC(F)(F)c1cccc(Cn2cc(-n3ncc4ccccc43)nn2)c1. The Morgan fingerprint density at radius 3 is 2.68 bits per heavy atom. The van der Waals surface area contributed by atoms with Crippen molar-refractivity contribution in [3.63, 3.8) is 0 Å². The Bertz CT molecular complexity index is 1030. The van der Waals surface area contributed by atoms with Gasteiger partial charge < -0.3 is 0 Å². The Labute approximate surface area is 140 Å². The van der Waals surface area contributed by atoms with Gasteiger partial charge in [0.2, 0.25) is 0 Å². The van der Waals surface area contributed by atoms with Crippen molar-refractivity contribution in [2.45, 2.75) is 12.7 Å². The van der Waals surface area contributed by atoms with Crippen molar-refractivity contribution in [3.05, 3.63) is 72.1 Å². The lowest BCUT2D eigenvalue weighted by molar-refractivity contribution is -0.137. The van der Waals surface area contributed by atoms with Crippen LogP contribution < -0.4 is 0 Å². The average molecular weight is 343 g/mol. The molecule has 0 bridgehead atoms. The number of hydrogen-bond donors (Lipinski definition) is 0. The van der Waals surface area contributed by atoms with E-state index in [1.165, 1.54) is 10.7 Å². The highest BCUT2D eigenvalue weighted by molar-refractivity contribution is 5.79. The van der Waals surface area contributed by atoms with Gasteiger partial charge in [0.1, 0.15) is 0 Å². The molecule has 4 aromatic rings. The molecule has 2 aromatic heterocycles. The maximum Gasteiger partial charge on any atom is 0.416 e. The zero-order valence-corrected chi connectivity index (χ0v) is 12.9.